The third-order valence-corrected chi connectivity index (χ3v) is 5.59. The lowest BCUT2D eigenvalue weighted by Gasteiger charge is -2.29. The molecule has 0 saturated carbocycles. The van der Waals surface area contributed by atoms with Gasteiger partial charge in [-0.25, -0.2) is 0 Å². The SMILES string of the molecule is Cc1ccc(N(CCN2C(=O)CSC2=O)C2SC(=O)NC2=O)cc1. The number of anilines is 1. The second-order valence-electron chi connectivity index (χ2n) is 5.38. The average Bonchev–Trinajstić information content (AvgIpc) is 3.04. The Morgan fingerprint density at radius 2 is 1.92 bits per heavy atom. The van der Waals surface area contributed by atoms with E-state index < -0.39 is 10.6 Å². The topological polar surface area (TPSA) is 86.8 Å². The molecule has 1 unspecified atom stereocenters. The average molecular weight is 365 g/mol. The molecular formula is C15H15N3O4S2. The van der Waals surface area contributed by atoms with Crippen molar-refractivity contribution in [2.75, 3.05) is 23.7 Å². The second kappa shape index (κ2) is 6.86. The van der Waals surface area contributed by atoms with E-state index in [1.807, 2.05) is 31.2 Å². The number of imide groups is 2. The second-order valence-corrected chi connectivity index (χ2v) is 7.36. The molecule has 0 spiro atoms. The first-order valence-corrected chi connectivity index (χ1v) is 9.14. The van der Waals surface area contributed by atoms with Crippen molar-refractivity contribution in [3.05, 3.63) is 29.8 Å². The molecule has 126 valence electrons. The molecule has 0 aliphatic carbocycles. The van der Waals surface area contributed by atoms with Gasteiger partial charge in [0, 0.05) is 18.8 Å². The van der Waals surface area contributed by atoms with E-state index in [1.165, 1.54) is 4.90 Å². The Hall–Kier alpha value is -2.00. The predicted octanol–water partition coefficient (Wildman–Crippen LogP) is 1.81. The summed E-state index contributed by atoms with van der Waals surface area (Å²) in [7, 11) is 0. The number of amides is 4. The van der Waals surface area contributed by atoms with E-state index in [9.17, 15) is 19.2 Å². The van der Waals surface area contributed by atoms with Crippen LogP contribution in [0, 0.1) is 6.92 Å². The summed E-state index contributed by atoms with van der Waals surface area (Å²) in [6.45, 7) is 2.41. The molecule has 2 saturated heterocycles. The highest BCUT2D eigenvalue weighted by Crippen LogP contribution is 2.28. The molecule has 24 heavy (non-hydrogen) atoms. The monoisotopic (exact) mass is 365 g/mol. The minimum Gasteiger partial charge on any atom is -0.349 e. The van der Waals surface area contributed by atoms with Crippen LogP contribution in [0.4, 0.5) is 15.3 Å². The van der Waals surface area contributed by atoms with Crippen LogP contribution in [0.3, 0.4) is 0 Å². The van der Waals surface area contributed by atoms with Crippen molar-refractivity contribution in [2.45, 2.75) is 12.3 Å². The van der Waals surface area contributed by atoms with Crippen LogP contribution in [0.2, 0.25) is 0 Å². The van der Waals surface area contributed by atoms with Crippen molar-refractivity contribution < 1.29 is 19.2 Å². The van der Waals surface area contributed by atoms with Gasteiger partial charge in [-0.15, -0.1) is 0 Å². The minimum absolute atomic E-state index is 0.153. The first kappa shape index (κ1) is 16.8. The number of carbonyl (C=O) groups is 4. The fourth-order valence-electron chi connectivity index (χ4n) is 2.47. The van der Waals surface area contributed by atoms with Crippen molar-refractivity contribution in [3.63, 3.8) is 0 Å². The Morgan fingerprint density at radius 3 is 2.46 bits per heavy atom. The molecule has 0 aromatic heterocycles. The maximum atomic E-state index is 12.0. The van der Waals surface area contributed by atoms with Crippen LogP contribution in [0.1, 0.15) is 5.56 Å². The molecule has 2 aliphatic rings. The Bertz CT molecular complexity index is 691. The maximum absolute atomic E-state index is 12.0. The molecule has 0 radical (unpaired) electrons. The van der Waals surface area contributed by atoms with E-state index in [-0.39, 0.29) is 35.9 Å². The van der Waals surface area contributed by atoms with E-state index in [1.54, 1.807) is 4.90 Å². The lowest BCUT2D eigenvalue weighted by molar-refractivity contribution is -0.124. The number of carbonyl (C=O) groups excluding carboxylic acids is 4. The zero-order chi connectivity index (χ0) is 17.3. The lowest BCUT2D eigenvalue weighted by atomic mass is 10.2. The van der Waals surface area contributed by atoms with Gasteiger partial charge < -0.3 is 4.90 Å². The Morgan fingerprint density at radius 1 is 1.21 bits per heavy atom. The summed E-state index contributed by atoms with van der Waals surface area (Å²) in [4.78, 5) is 49.9. The molecule has 2 heterocycles. The van der Waals surface area contributed by atoms with E-state index in [2.05, 4.69) is 5.32 Å². The van der Waals surface area contributed by atoms with E-state index in [0.717, 1.165) is 34.8 Å². The van der Waals surface area contributed by atoms with Gasteiger partial charge in [0.05, 0.1) is 5.75 Å². The van der Waals surface area contributed by atoms with Crippen molar-refractivity contribution in [3.8, 4) is 0 Å². The zero-order valence-corrected chi connectivity index (χ0v) is 14.5. The van der Waals surface area contributed by atoms with Gasteiger partial charge in [-0.2, -0.15) is 0 Å². The van der Waals surface area contributed by atoms with Crippen LogP contribution in [-0.2, 0) is 9.59 Å². The smallest absolute Gasteiger partial charge is 0.288 e. The summed E-state index contributed by atoms with van der Waals surface area (Å²) in [5.74, 6) is -0.465. The van der Waals surface area contributed by atoms with Crippen molar-refractivity contribution in [1.82, 2.24) is 10.2 Å². The molecular weight excluding hydrogens is 350 g/mol. The van der Waals surface area contributed by atoms with Gasteiger partial charge in [-0.1, -0.05) is 29.5 Å². The van der Waals surface area contributed by atoms with Crippen LogP contribution in [0.5, 0.6) is 0 Å². The Labute approximate surface area is 147 Å². The lowest BCUT2D eigenvalue weighted by Crippen LogP contribution is -2.44. The van der Waals surface area contributed by atoms with Gasteiger partial charge in [0.25, 0.3) is 16.4 Å². The summed E-state index contributed by atoms with van der Waals surface area (Å²) < 4.78 is 0. The van der Waals surface area contributed by atoms with Crippen molar-refractivity contribution in [1.29, 1.82) is 0 Å². The standard InChI is InChI=1S/C15H15N3O4S2/c1-9-2-4-10(5-3-9)17(13-12(20)16-14(21)24-13)6-7-18-11(19)8-23-15(18)22/h2-5,13H,6-8H2,1H3,(H,16,20,21). The number of aryl methyl sites for hydroxylation is 1. The van der Waals surface area contributed by atoms with Crippen LogP contribution in [-0.4, -0.2) is 51.4 Å². The van der Waals surface area contributed by atoms with E-state index >= 15 is 0 Å². The van der Waals surface area contributed by atoms with Gasteiger partial charge in [-0.05, 0) is 30.8 Å². The van der Waals surface area contributed by atoms with Crippen LogP contribution >= 0.6 is 23.5 Å². The fraction of sp³-hybridized carbons (Fsp3) is 0.333. The molecule has 1 N–H and O–H groups in total. The van der Waals surface area contributed by atoms with Gasteiger partial charge in [0.1, 0.15) is 0 Å². The fourth-order valence-corrected chi connectivity index (χ4v) is 4.11. The van der Waals surface area contributed by atoms with Gasteiger partial charge in [0.2, 0.25) is 5.91 Å². The third-order valence-electron chi connectivity index (χ3n) is 3.72. The van der Waals surface area contributed by atoms with Crippen molar-refractivity contribution in [2.24, 2.45) is 0 Å². The summed E-state index contributed by atoms with van der Waals surface area (Å²) in [6, 6.07) is 7.52. The highest BCUT2D eigenvalue weighted by molar-refractivity contribution is 8.15. The van der Waals surface area contributed by atoms with Crippen LogP contribution in [0.15, 0.2) is 24.3 Å². The molecule has 7 nitrogen and oxygen atoms in total. The van der Waals surface area contributed by atoms with Crippen LogP contribution in [0.25, 0.3) is 0 Å². The number of hydrogen-bond donors (Lipinski definition) is 1. The summed E-state index contributed by atoms with van der Waals surface area (Å²) in [5, 5.41) is 0.886. The third kappa shape index (κ3) is 3.41. The molecule has 4 amide bonds. The first-order valence-electron chi connectivity index (χ1n) is 7.27. The Kier molecular flexibility index (Phi) is 4.81. The number of benzene rings is 1. The highest BCUT2D eigenvalue weighted by atomic mass is 32.2. The number of thioether (sulfide) groups is 2. The molecule has 1 aromatic rings. The van der Waals surface area contributed by atoms with Gasteiger partial charge in [-0.3, -0.25) is 29.4 Å². The number of rotatable bonds is 5. The van der Waals surface area contributed by atoms with Crippen LogP contribution < -0.4 is 10.2 Å². The molecule has 0 bridgehead atoms. The highest BCUT2D eigenvalue weighted by Gasteiger charge is 2.38. The van der Waals surface area contributed by atoms with E-state index in [0.29, 0.717) is 0 Å². The van der Waals surface area contributed by atoms with Gasteiger partial charge >= 0.3 is 0 Å². The maximum Gasteiger partial charge on any atom is 0.288 e. The summed E-state index contributed by atoms with van der Waals surface area (Å²) in [6.07, 6.45) is 0. The van der Waals surface area contributed by atoms with E-state index in [4.69, 9.17) is 0 Å². The number of hydrogen-bond acceptors (Lipinski definition) is 7. The predicted molar refractivity (Wildman–Crippen MR) is 93.0 cm³/mol. The van der Waals surface area contributed by atoms with Gasteiger partial charge in [0.15, 0.2) is 5.37 Å². The molecule has 1 aromatic carbocycles. The molecule has 2 fully saturated rings. The Balaban J connectivity index is 1.80. The molecule has 3 rings (SSSR count). The quantitative estimate of drug-likeness (QED) is 0.851. The number of nitrogens with one attached hydrogen (secondary N) is 1. The minimum atomic E-state index is -0.708. The largest absolute Gasteiger partial charge is 0.349 e. The summed E-state index contributed by atoms with van der Waals surface area (Å²) in [5.41, 5.74) is 1.83. The number of nitrogens with zero attached hydrogens (tertiary/aromatic N) is 2. The normalized spacial score (nSPS) is 20.7. The molecule has 1 atom stereocenters. The van der Waals surface area contributed by atoms with Crippen molar-refractivity contribution >= 4 is 51.5 Å². The first-order chi connectivity index (χ1) is 11.5. The summed E-state index contributed by atoms with van der Waals surface area (Å²) >= 11 is 1.87. The molecule has 2 aliphatic heterocycles. The zero-order valence-electron chi connectivity index (χ0n) is 12.9. The molecule has 9 heteroatoms.